The smallest absolute Gasteiger partial charge is 0.0717 e. The third-order valence-electron chi connectivity index (χ3n) is 2.76. The van der Waals surface area contributed by atoms with Gasteiger partial charge in [0.15, 0.2) is 0 Å². The molecule has 2 rings (SSSR count). The monoisotopic (exact) mass is 262 g/mol. The summed E-state index contributed by atoms with van der Waals surface area (Å²) in [6.07, 6.45) is 0. The highest BCUT2D eigenvalue weighted by Crippen LogP contribution is 2.30. The summed E-state index contributed by atoms with van der Waals surface area (Å²) in [7, 11) is 0. The number of nitrogen functional groups attached to an aromatic ring is 1. The largest absolute Gasteiger partial charge is 0.399 e. The van der Waals surface area contributed by atoms with Crippen molar-refractivity contribution < 1.29 is 5.11 Å². The first-order chi connectivity index (χ1) is 8.60. The van der Waals surface area contributed by atoms with Gasteiger partial charge in [-0.15, -0.1) is 11.8 Å². The van der Waals surface area contributed by atoms with E-state index in [0.717, 1.165) is 28.0 Å². The standard InChI is InChI=1S/C14H18N2OS/c1-9(7-17)8-18-14-5-10(2)16-13-4-3-11(15)6-12(13)14/h3-6,9,17H,7-8,15H2,1-2H3. The molecule has 3 N–H and O–H groups in total. The molecule has 0 bridgehead atoms. The average molecular weight is 262 g/mol. The Hall–Kier alpha value is -1.26. The van der Waals surface area contributed by atoms with Crippen molar-refractivity contribution in [2.45, 2.75) is 18.7 Å². The van der Waals surface area contributed by atoms with Crippen molar-refractivity contribution in [2.75, 3.05) is 18.1 Å². The molecule has 4 heteroatoms. The SMILES string of the molecule is Cc1cc(SCC(C)CO)c2cc(N)ccc2n1. The summed E-state index contributed by atoms with van der Waals surface area (Å²) in [5, 5.41) is 10.2. The van der Waals surface area contributed by atoms with Crippen LogP contribution in [0.5, 0.6) is 0 Å². The summed E-state index contributed by atoms with van der Waals surface area (Å²) in [5.41, 5.74) is 8.57. The van der Waals surface area contributed by atoms with Crippen LogP contribution in [-0.2, 0) is 0 Å². The molecule has 3 nitrogen and oxygen atoms in total. The first-order valence-electron chi connectivity index (χ1n) is 6.00. The molecule has 1 heterocycles. The summed E-state index contributed by atoms with van der Waals surface area (Å²) in [5.74, 6) is 1.18. The van der Waals surface area contributed by atoms with Crippen molar-refractivity contribution in [2.24, 2.45) is 5.92 Å². The topological polar surface area (TPSA) is 59.1 Å². The van der Waals surface area contributed by atoms with E-state index in [0.29, 0.717) is 5.92 Å². The number of hydrogen-bond acceptors (Lipinski definition) is 4. The van der Waals surface area contributed by atoms with Gasteiger partial charge in [-0.3, -0.25) is 4.98 Å². The van der Waals surface area contributed by atoms with Gasteiger partial charge in [0.05, 0.1) is 5.52 Å². The van der Waals surface area contributed by atoms with Crippen LogP contribution in [0.2, 0.25) is 0 Å². The molecule has 0 aliphatic rings. The summed E-state index contributed by atoms with van der Waals surface area (Å²) < 4.78 is 0. The molecule has 0 amide bonds. The molecule has 0 saturated heterocycles. The number of nitrogens with two attached hydrogens (primary N) is 1. The van der Waals surface area contributed by atoms with Crippen LogP contribution in [0.3, 0.4) is 0 Å². The molecule has 1 unspecified atom stereocenters. The number of aromatic nitrogens is 1. The molecular formula is C14H18N2OS. The Labute approximate surface area is 111 Å². The van der Waals surface area contributed by atoms with E-state index in [4.69, 9.17) is 10.8 Å². The molecule has 0 aliphatic heterocycles. The van der Waals surface area contributed by atoms with Crippen molar-refractivity contribution in [1.82, 2.24) is 4.98 Å². The van der Waals surface area contributed by atoms with Gasteiger partial charge in [0, 0.05) is 34.0 Å². The minimum absolute atomic E-state index is 0.219. The zero-order valence-electron chi connectivity index (χ0n) is 10.7. The van der Waals surface area contributed by atoms with E-state index < -0.39 is 0 Å². The highest BCUT2D eigenvalue weighted by Gasteiger charge is 2.07. The Kier molecular flexibility index (Phi) is 4.09. The van der Waals surface area contributed by atoms with Gasteiger partial charge in [-0.05, 0) is 37.1 Å². The number of aliphatic hydroxyl groups is 1. The van der Waals surface area contributed by atoms with E-state index in [1.165, 1.54) is 4.90 Å². The molecule has 96 valence electrons. The molecule has 0 radical (unpaired) electrons. The minimum Gasteiger partial charge on any atom is -0.399 e. The maximum absolute atomic E-state index is 9.08. The van der Waals surface area contributed by atoms with Gasteiger partial charge >= 0.3 is 0 Å². The molecule has 1 atom stereocenters. The van der Waals surface area contributed by atoms with Crippen LogP contribution in [0.4, 0.5) is 5.69 Å². The van der Waals surface area contributed by atoms with Gasteiger partial charge in [-0.25, -0.2) is 0 Å². The van der Waals surface area contributed by atoms with Crippen LogP contribution in [0.15, 0.2) is 29.2 Å². The predicted molar refractivity (Wildman–Crippen MR) is 77.9 cm³/mol. The molecule has 2 aromatic rings. The van der Waals surface area contributed by atoms with Crippen molar-refractivity contribution >= 4 is 28.4 Å². The van der Waals surface area contributed by atoms with Gasteiger partial charge in [-0.2, -0.15) is 0 Å². The Morgan fingerprint density at radius 2 is 2.17 bits per heavy atom. The zero-order chi connectivity index (χ0) is 13.1. The second-order valence-corrected chi connectivity index (χ2v) is 5.70. The van der Waals surface area contributed by atoms with Crippen LogP contribution in [0.25, 0.3) is 10.9 Å². The molecule has 1 aromatic heterocycles. The summed E-state index contributed by atoms with van der Waals surface area (Å²) in [6, 6.07) is 7.88. The normalized spacial score (nSPS) is 12.8. The van der Waals surface area contributed by atoms with Crippen molar-refractivity contribution in [3.05, 3.63) is 30.0 Å². The third-order valence-corrected chi connectivity index (χ3v) is 4.14. The Morgan fingerprint density at radius 3 is 2.89 bits per heavy atom. The maximum atomic E-state index is 9.08. The van der Waals surface area contributed by atoms with E-state index in [2.05, 4.69) is 11.1 Å². The zero-order valence-corrected chi connectivity index (χ0v) is 11.5. The number of aliphatic hydroxyl groups excluding tert-OH is 1. The van der Waals surface area contributed by atoms with Crippen LogP contribution < -0.4 is 5.73 Å². The number of thioether (sulfide) groups is 1. The minimum atomic E-state index is 0.219. The van der Waals surface area contributed by atoms with Gasteiger partial charge < -0.3 is 10.8 Å². The number of anilines is 1. The number of pyridine rings is 1. The van der Waals surface area contributed by atoms with Gasteiger partial charge in [0.25, 0.3) is 0 Å². The molecular weight excluding hydrogens is 244 g/mol. The van der Waals surface area contributed by atoms with Gasteiger partial charge in [-0.1, -0.05) is 6.92 Å². The number of nitrogens with zero attached hydrogens (tertiary/aromatic N) is 1. The second kappa shape index (κ2) is 5.59. The molecule has 0 saturated carbocycles. The lowest BCUT2D eigenvalue weighted by atomic mass is 10.2. The predicted octanol–water partition coefficient (Wildman–Crippen LogP) is 2.85. The number of benzene rings is 1. The van der Waals surface area contributed by atoms with Crippen molar-refractivity contribution in [3.8, 4) is 0 Å². The third kappa shape index (κ3) is 2.94. The lowest BCUT2D eigenvalue weighted by molar-refractivity contribution is 0.250. The summed E-state index contributed by atoms with van der Waals surface area (Å²) in [6.45, 7) is 4.25. The van der Waals surface area contributed by atoms with Crippen LogP contribution in [-0.4, -0.2) is 22.5 Å². The first-order valence-corrected chi connectivity index (χ1v) is 6.99. The number of aryl methyl sites for hydroxylation is 1. The number of hydrogen-bond donors (Lipinski definition) is 2. The van der Waals surface area contributed by atoms with E-state index in [1.54, 1.807) is 11.8 Å². The Morgan fingerprint density at radius 1 is 1.39 bits per heavy atom. The quantitative estimate of drug-likeness (QED) is 0.657. The summed E-state index contributed by atoms with van der Waals surface area (Å²) >= 11 is 1.75. The molecule has 0 spiro atoms. The maximum Gasteiger partial charge on any atom is 0.0717 e. The molecule has 0 aliphatic carbocycles. The van der Waals surface area contributed by atoms with Crippen LogP contribution in [0, 0.1) is 12.8 Å². The average Bonchev–Trinajstić information content (AvgIpc) is 2.36. The second-order valence-electron chi connectivity index (χ2n) is 4.64. The fourth-order valence-corrected chi connectivity index (χ4v) is 2.88. The van der Waals surface area contributed by atoms with E-state index in [-0.39, 0.29) is 6.61 Å². The van der Waals surface area contributed by atoms with E-state index in [9.17, 15) is 0 Å². The van der Waals surface area contributed by atoms with Crippen LogP contribution in [0.1, 0.15) is 12.6 Å². The highest BCUT2D eigenvalue weighted by molar-refractivity contribution is 7.99. The fraction of sp³-hybridized carbons (Fsp3) is 0.357. The molecule has 1 aromatic carbocycles. The lowest BCUT2D eigenvalue weighted by Gasteiger charge is -2.11. The summed E-state index contributed by atoms with van der Waals surface area (Å²) in [4.78, 5) is 5.69. The molecule has 0 fully saturated rings. The molecule has 18 heavy (non-hydrogen) atoms. The van der Waals surface area contributed by atoms with Crippen LogP contribution >= 0.6 is 11.8 Å². The van der Waals surface area contributed by atoms with Crippen molar-refractivity contribution in [1.29, 1.82) is 0 Å². The van der Waals surface area contributed by atoms with Gasteiger partial charge in [0.2, 0.25) is 0 Å². The highest BCUT2D eigenvalue weighted by atomic mass is 32.2. The Balaban J connectivity index is 2.38. The fourth-order valence-electron chi connectivity index (χ4n) is 1.74. The first kappa shape index (κ1) is 13.2. The van der Waals surface area contributed by atoms with Gasteiger partial charge in [0.1, 0.15) is 0 Å². The number of rotatable bonds is 4. The number of fused-ring (bicyclic) bond motifs is 1. The van der Waals surface area contributed by atoms with E-state index in [1.807, 2.05) is 32.0 Å². The van der Waals surface area contributed by atoms with Crippen molar-refractivity contribution in [3.63, 3.8) is 0 Å². The lowest BCUT2D eigenvalue weighted by Crippen LogP contribution is -2.03. The Bertz CT molecular complexity index is 557. The van der Waals surface area contributed by atoms with E-state index >= 15 is 0 Å².